The number of para-hydroxylation sites is 1. The predicted octanol–water partition coefficient (Wildman–Crippen LogP) is 3.14. The maximum absolute atomic E-state index is 13.3. The van der Waals surface area contributed by atoms with E-state index >= 15 is 0 Å². The Hall–Kier alpha value is -3.15. The molecule has 6 heteroatoms. The third-order valence-electron chi connectivity index (χ3n) is 5.89. The van der Waals surface area contributed by atoms with Gasteiger partial charge in [-0.25, -0.2) is 0 Å². The van der Waals surface area contributed by atoms with Gasteiger partial charge < -0.3 is 14.9 Å². The number of carboxylic acids is 1. The van der Waals surface area contributed by atoms with Gasteiger partial charge in [0.25, 0.3) is 5.91 Å². The van der Waals surface area contributed by atoms with E-state index in [1.165, 1.54) is 0 Å². The van der Waals surface area contributed by atoms with Crippen LogP contribution in [0.15, 0.2) is 54.6 Å². The molecule has 2 aliphatic heterocycles. The number of carboxylic acid groups (broad SMARTS) is 1. The molecule has 6 nitrogen and oxygen atoms in total. The van der Waals surface area contributed by atoms with Gasteiger partial charge in [-0.3, -0.25) is 14.4 Å². The Balaban J connectivity index is 1.53. The Labute approximate surface area is 169 Å². The number of fused-ring (bicyclic) bond motifs is 1. The van der Waals surface area contributed by atoms with Crippen LogP contribution in [-0.2, 0) is 9.59 Å². The van der Waals surface area contributed by atoms with Crippen LogP contribution in [0, 0.1) is 5.92 Å². The molecule has 4 rings (SSSR count). The van der Waals surface area contributed by atoms with Crippen molar-refractivity contribution in [3.63, 3.8) is 0 Å². The first-order valence-electron chi connectivity index (χ1n) is 10.0. The molecule has 2 aromatic carbocycles. The van der Waals surface area contributed by atoms with Gasteiger partial charge in [0.1, 0.15) is 0 Å². The van der Waals surface area contributed by atoms with Gasteiger partial charge in [-0.1, -0.05) is 36.4 Å². The lowest BCUT2D eigenvalue weighted by Gasteiger charge is -2.38. The lowest BCUT2D eigenvalue weighted by Crippen LogP contribution is -2.48. The number of carbonyl (C=O) groups excluding carboxylic acids is 2. The van der Waals surface area contributed by atoms with E-state index in [9.17, 15) is 19.5 Å². The number of amides is 2. The highest BCUT2D eigenvalue weighted by atomic mass is 16.4. The third kappa shape index (κ3) is 3.75. The third-order valence-corrected chi connectivity index (χ3v) is 5.89. The second-order valence-corrected chi connectivity index (χ2v) is 7.68. The molecule has 1 fully saturated rings. The van der Waals surface area contributed by atoms with Crippen LogP contribution in [0.5, 0.6) is 0 Å². The van der Waals surface area contributed by atoms with E-state index in [1.807, 2.05) is 36.4 Å². The first kappa shape index (κ1) is 19.2. The molecule has 0 saturated carbocycles. The van der Waals surface area contributed by atoms with Crippen molar-refractivity contribution in [3.8, 4) is 0 Å². The number of hydrogen-bond donors (Lipinski definition) is 1. The fraction of sp³-hybridized carbons (Fsp3) is 0.348. The summed E-state index contributed by atoms with van der Waals surface area (Å²) in [5, 5.41) is 9.52. The number of piperidine rings is 1. The minimum Gasteiger partial charge on any atom is -0.481 e. The SMILES string of the molecule is O=C(O)C1CCN(C(=O)C2CCCN(C(=O)c3ccccc3)C2)c2ccccc21. The molecule has 0 spiro atoms. The molecule has 2 aromatic rings. The minimum atomic E-state index is -0.859. The molecule has 0 radical (unpaired) electrons. The van der Waals surface area contributed by atoms with E-state index in [-0.39, 0.29) is 17.7 Å². The second kappa shape index (κ2) is 8.07. The number of likely N-dealkylation sites (tertiary alicyclic amines) is 1. The van der Waals surface area contributed by atoms with Gasteiger partial charge in [0.05, 0.1) is 11.8 Å². The highest BCUT2D eigenvalue weighted by molar-refractivity contribution is 5.99. The molecule has 2 aliphatic rings. The molecular formula is C23H24N2O4. The maximum Gasteiger partial charge on any atom is 0.311 e. The summed E-state index contributed by atoms with van der Waals surface area (Å²) in [5.74, 6) is -1.79. The van der Waals surface area contributed by atoms with Gasteiger partial charge in [-0.05, 0) is 43.0 Å². The standard InChI is InChI=1S/C23H24N2O4/c26-21(16-7-2-1-3-8-16)24-13-6-9-17(15-24)22(27)25-14-12-19(23(28)29)18-10-4-5-11-20(18)25/h1-5,7-8,10-11,17,19H,6,9,12-15H2,(H,28,29). The topological polar surface area (TPSA) is 77.9 Å². The van der Waals surface area contributed by atoms with Gasteiger partial charge in [0.15, 0.2) is 0 Å². The Morgan fingerprint density at radius 2 is 1.62 bits per heavy atom. The van der Waals surface area contributed by atoms with Gasteiger partial charge >= 0.3 is 5.97 Å². The molecule has 0 aliphatic carbocycles. The van der Waals surface area contributed by atoms with E-state index in [2.05, 4.69) is 0 Å². The van der Waals surface area contributed by atoms with Crippen LogP contribution in [0.4, 0.5) is 5.69 Å². The molecule has 2 heterocycles. The number of benzene rings is 2. The summed E-state index contributed by atoms with van der Waals surface area (Å²) in [4.78, 5) is 41.2. The van der Waals surface area contributed by atoms with Gasteiger partial charge in [-0.2, -0.15) is 0 Å². The van der Waals surface area contributed by atoms with Gasteiger partial charge in [-0.15, -0.1) is 0 Å². The Morgan fingerprint density at radius 3 is 2.38 bits per heavy atom. The zero-order valence-corrected chi connectivity index (χ0v) is 16.2. The van der Waals surface area contributed by atoms with Crippen molar-refractivity contribution in [3.05, 3.63) is 65.7 Å². The van der Waals surface area contributed by atoms with E-state index < -0.39 is 11.9 Å². The van der Waals surface area contributed by atoms with Crippen LogP contribution in [0.3, 0.4) is 0 Å². The van der Waals surface area contributed by atoms with E-state index in [0.717, 1.165) is 12.8 Å². The molecule has 1 N–H and O–H groups in total. The van der Waals surface area contributed by atoms with Crippen molar-refractivity contribution < 1.29 is 19.5 Å². The van der Waals surface area contributed by atoms with Gasteiger partial charge in [0, 0.05) is 30.9 Å². The summed E-state index contributed by atoms with van der Waals surface area (Å²) >= 11 is 0. The molecule has 150 valence electrons. The molecule has 2 atom stereocenters. The molecule has 29 heavy (non-hydrogen) atoms. The summed E-state index contributed by atoms with van der Waals surface area (Å²) in [6.45, 7) is 1.43. The fourth-order valence-corrected chi connectivity index (χ4v) is 4.39. The van der Waals surface area contributed by atoms with Crippen LogP contribution in [0.25, 0.3) is 0 Å². The quantitative estimate of drug-likeness (QED) is 0.870. The van der Waals surface area contributed by atoms with Crippen LogP contribution < -0.4 is 4.90 Å². The zero-order valence-electron chi connectivity index (χ0n) is 16.2. The normalized spacial score (nSPS) is 21.4. The van der Waals surface area contributed by atoms with Crippen LogP contribution in [-0.4, -0.2) is 47.4 Å². The lowest BCUT2D eigenvalue weighted by molar-refractivity contribution is -0.139. The average Bonchev–Trinajstić information content (AvgIpc) is 2.78. The summed E-state index contributed by atoms with van der Waals surface area (Å²) < 4.78 is 0. The Morgan fingerprint density at radius 1 is 0.897 bits per heavy atom. The van der Waals surface area contributed by atoms with E-state index in [1.54, 1.807) is 28.0 Å². The molecule has 2 amide bonds. The first-order chi connectivity index (χ1) is 14.1. The number of rotatable bonds is 3. The summed E-state index contributed by atoms with van der Waals surface area (Å²) in [6, 6.07) is 16.4. The Bertz CT molecular complexity index is 927. The molecule has 2 unspecified atom stereocenters. The number of hydrogen-bond acceptors (Lipinski definition) is 3. The largest absolute Gasteiger partial charge is 0.481 e. The predicted molar refractivity (Wildman–Crippen MR) is 109 cm³/mol. The van der Waals surface area contributed by atoms with Crippen molar-refractivity contribution >= 4 is 23.5 Å². The number of anilines is 1. The highest BCUT2D eigenvalue weighted by Crippen LogP contribution is 2.36. The van der Waals surface area contributed by atoms with Crippen molar-refractivity contribution in [2.45, 2.75) is 25.2 Å². The maximum atomic E-state index is 13.3. The number of nitrogens with zero attached hydrogens (tertiary/aromatic N) is 2. The first-order valence-corrected chi connectivity index (χ1v) is 10.0. The minimum absolute atomic E-state index is 0.0214. The monoisotopic (exact) mass is 392 g/mol. The molecule has 0 bridgehead atoms. The van der Waals surface area contributed by atoms with Crippen molar-refractivity contribution in [1.29, 1.82) is 0 Å². The van der Waals surface area contributed by atoms with E-state index in [4.69, 9.17) is 0 Å². The molecule has 1 saturated heterocycles. The molecule has 0 aromatic heterocycles. The Kier molecular flexibility index (Phi) is 5.34. The number of aliphatic carboxylic acids is 1. The smallest absolute Gasteiger partial charge is 0.311 e. The van der Waals surface area contributed by atoms with Gasteiger partial charge in [0.2, 0.25) is 5.91 Å². The van der Waals surface area contributed by atoms with Crippen molar-refractivity contribution in [2.75, 3.05) is 24.5 Å². The fourth-order valence-electron chi connectivity index (χ4n) is 4.39. The highest BCUT2D eigenvalue weighted by Gasteiger charge is 2.37. The lowest BCUT2D eigenvalue weighted by atomic mass is 9.88. The molecular weight excluding hydrogens is 368 g/mol. The van der Waals surface area contributed by atoms with Crippen molar-refractivity contribution in [2.24, 2.45) is 5.92 Å². The zero-order chi connectivity index (χ0) is 20.4. The second-order valence-electron chi connectivity index (χ2n) is 7.68. The average molecular weight is 392 g/mol. The van der Waals surface area contributed by atoms with Crippen LogP contribution >= 0.6 is 0 Å². The van der Waals surface area contributed by atoms with Crippen molar-refractivity contribution in [1.82, 2.24) is 4.90 Å². The van der Waals surface area contributed by atoms with Crippen LogP contribution in [0.1, 0.15) is 41.1 Å². The summed E-state index contributed by atoms with van der Waals surface area (Å²) in [5.41, 5.74) is 2.00. The van der Waals surface area contributed by atoms with Crippen LogP contribution in [0.2, 0.25) is 0 Å². The summed E-state index contributed by atoms with van der Waals surface area (Å²) in [7, 11) is 0. The summed E-state index contributed by atoms with van der Waals surface area (Å²) in [6.07, 6.45) is 1.91. The number of carbonyl (C=O) groups is 3. The van der Waals surface area contributed by atoms with E-state index in [0.29, 0.717) is 42.9 Å².